The first-order valence-corrected chi connectivity index (χ1v) is 8.29. The molecule has 2 fully saturated rings. The maximum Gasteiger partial charge on any atom is 0.317 e. The van der Waals surface area contributed by atoms with Gasteiger partial charge >= 0.3 is 12.0 Å². The molecule has 0 aromatic heterocycles. The number of carbonyl (C=O) groups is 2. The van der Waals surface area contributed by atoms with Gasteiger partial charge in [-0.2, -0.15) is 0 Å². The van der Waals surface area contributed by atoms with E-state index in [-0.39, 0.29) is 17.9 Å². The van der Waals surface area contributed by atoms with Crippen molar-refractivity contribution < 1.29 is 14.7 Å². The highest BCUT2D eigenvalue weighted by Crippen LogP contribution is 2.38. The maximum absolute atomic E-state index is 12.2. The van der Waals surface area contributed by atoms with Crippen molar-refractivity contribution in [3.05, 3.63) is 0 Å². The van der Waals surface area contributed by atoms with Gasteiger partial charge in [-0.1, -0.05) is 32.6 Å². The van der Waals surface area contributed by atoms with Crippen LogP contribution in [0.3, 0.4) is 0 Å². The number of carbonyl (C=O) groups excluding carboxylic acids is 1. The topological polar surface area (TPSA) is 69.6 Å². The molecule has 1 unspecified atom stereocenters. The monoisotopic (exact) mass is 296 g/mol. The number of hydrogen-bond donors (Lipinski definition) is 2. The summed E-state index contributed by atoms with van der Waals surface area (Å²) < 4.78 is 0. The van der Waals surface area contributed by atoms with Crippen LogP contribution in [0.1, 0.15) is 58.3 Å². The van der Waals surface area contributed by atoms with Crippen LogP contribution in [0.4, 0.5) is 4.79 Å². The number of nitrogens with zero attached hydrogens (tertiary/aromatic N) is 1. The molecule has 120 valence electrons. The first-order valence-electron chi connectivity index (χ1n) is 8.29. The minimum Gasteiger partial charge on any atom is -0.481 e. The predicted molar refractivity (Wildman–Crippen MR) is 81.1 cm³/mol. The third kappa shape index (κ3) is 4.35. The van der Waals surface area contributed by atoms with Gasteiger partial charge in [-0.05, 0) is 30.6 Å². The van der Waals surface area contributed by atoms with E-state index in [0.717, 1.165) is 51.6 Å². The number of amides is 2. The fourth-order valence-electron chi connectivity index (χ4n) is 3.76. The summed E-state index contributed by atoms with van der Waals surface area (Å²) in [5.41, 5.74) is -0.233. The molecule has 1 atom stereocenters. The summed E-state index contributed by atoms with van der Waals surface area (Å²) in [6.07, 6.45) is 7.53. The van der Waals surface area contributed by atoms with Gasteiger partial charge in [-0.15, -0.1) is 0 Å². The molecule has 2 N–H and O–H groups in total. The Labute approximate surface area is 127 Å². The zero-order chi connectivity index (χ0) is 15.3. The van der Waals surface area contributed by atoms with Gasteiger partial charge < -0.3 is 15.3 Å². The fourth-order valence-corrected chi connectivity index (χ4v) is 3.76. The van der Waals surface area contributed by atoms with Gasteiger partial charge in [0, 0.05) is 19.6 Å². The molecule has 1 saturated heterocycles. The molecule has 0 radical (unpaired) electrons. The summed E-state index contributed by atoms with van der Waals surface area (Å²) in [4.78, 5) is 25.3. The Morgan fingerprint density at radius 1 is 1.29 bits per heavy atom. The molecule has 21 heavy (non-hydrogen) atoms. The Balaban J connectivity index is 1.86. The zero-order valence-corrected chi connectivity index (χ0v) is 13.1. The largest absolute Gasteiger partial charge is 0.481 e. The lowest BCUT2D eigenvalue weighted by Gasteiger charge is -2.36. The number of aliphatic carboxylic acids is 1. The first-order chi connectivity index (χ1) is 10.0. The lowest BCUT2D eigenvalue weighted by atomic mass is 9.72. The van der Waals surface area contributed by atoms with Crippen LogP contribution in [0, 0.1) is 11.3 Å². The molecule has 1 aliphatic carbocycles. The number of carboxylic acids is 1. The maximum atomic E-state index is 12.2. The smallest absolute Gasteiger partial charge is 0.317 e. The average Bonchev–Trinajstić information content (AvgIpc) is 2.94. The Bertz CT molecular complexity index is 378. The van der Waals surface area contributed by atoms with E-state index in [0.29, 0.717) is 12.5 Å². The molecule has 1 saturated carbocycles. The van der Waals surface area contributed by atoms with Gasteiger partial charge in [0.15, 0.2) is 0 Å². The summed E-state index contributed by atoms with van der Waals surface area (Å²) in [5.74, 6) is -0.128. The van der Waals surface area contributed by atoms with E-state index in [1.807, 2.05) is 4.90 Å². The summed E-state index contributed by atoms with van der Waals surface area (Å²) in [7, 11) is 0. The number of urea groups is 1. The molecule has 0 aromatic carbocycles. The molecule has 0 spiro atoms. The van der Waals surface area contributed by atoms with Crippen molar-refractivity contribution in [3.8, 4) is 0 Å². The normalized spacial score (nSPS) is 24.8. The SMILES string of the molecule is CCC1CCN(C(=O)NCC2(CC(=O)O)CCCCC2)C1. The summed E-state index contributed by atoms with van der Waals surface area (Å²) >= 11 is 0. The lowest BCUT2D eigenvalue weighted by Crippen LogP contribution is -2.45. The van der Waals surface area contributed by atoms with Crippen LogP contribution >= 0.6 is 0 Å². The minimum atomic E-state index is -0.752. The molecule has 5 heteroatoms. The first kappa shape index (κ1) is 16.1. The standard InChI is InChI=1S/C16H28N2O3/c1-2-13-6-9-18(11-13)15(21)17-12-16(10-14(19)20)7-4-3-5-8-16/h13H,2-12H2,1H3,(H,17,21)(H,19,20). The van der Waals surface area contributed by atoms with Crippen LogP contribution in [0.2, 0.25) is 0 Å². The van der Waals surface area contributed by atoms with Crippen LogP contribution in [0.15, 0.2) is 0 Å². The van der Waals surface area contributed by atoms with Gasteiger partial charge in [0.25, 0.3) is 0 Å². The van der Waals surface area contributed by atoms with Crippen molar-refractivity contribution in [3.63, 3.8) is 0 Å². The third-order valence-corrected chi connectivity index (χ3v) is 5.21. The van der Waals surface area contributed by atoms with Crippen LogP contribution in [0.5, 0.6) is 0 Å². The van der Waals surface area contributed by atoms with E-state index in [1.54, 1.807) is 0 Å². The van der Waals surface area contributed by atoms with E-state index >= 15 is 0 Å². The van der Waals surface area contributed by atoms with E-state index < -0.39 is 5.97 Å². The molecular formula is C16H28N2O3. The van der Waals surface area contributed by atoms with E-state index in [9.17, 15) is 9.59 Å². The number of rotatable bonds is 5. The number of nitrogens with one attached hydrogen (secondary N) is 1. The van der Waals surface area contributed by atoms with Gasteiger partial charge in [0.1, 0.15) is 0 Å². The number of carboxylic acid groups (broad SMARTS) is 1. The van der Waals surface area contributed by atoms with Gasteiger partial charge in [0.2, 0.25) is 0 Å². The predicted octanol–water partition coefficient (Wildman–Crippen LogP) is 2.85. The van der Waals surface area contributed by atoms with E-state index in [4.69, 9.17) is 5.11 Å². The van der Waals surface area contributed by atoms with Crippen molar-refractivity contribution in [2.75, 3.05) is 19.6 Å². The number of hydrogen-bond acceptors (Lipinski definition) is 2. The van der Waals surface area contributed by atoms with Crippen LogP contribution in [0.25, 0.3) is 0 Å². The quantitative estimate of drug-likeness (QED) is 0.819. The van der Waals surface area contributed by atoms with Crippen molar-refractivity contribution in [2.24, 2.45) is 11.3 Å². The summed E-state index contributed by atoms with van der Waals surface area (Å²) in [5, 5.41) is 12.2. The van der Waals surface area contributed by atoms with Crippen molar-refractivity contribution in [1.29, 1.82) is 0 Å². The fraction of sp³-hybridized carbons (Fsp3) is 0.875. The lowest BCUT2D eigenvalue weighted by molar-refractivity contribution is -0.140. The molecule has 1 aliphatic heterocycles. The second kappa shape index (κ2) is 7.14. The molecule has 0 bridgehead atoms. The minimum absolute atomic E-state index is 0.0127. The highest BCUT2D eigenvalue weighted by Gasteiger charge is 2.35. The average molecular weight is 296 g/mol. The van der Waals surface area contributed by atoms with Crippen LogP contribution < -0.4 is 5.32 Å². The molecule has 2 aliphatic rings. The number of likely N-dealkylation sites (tertiary alicyclic amines) is 1. The zero-order valence-electron chi connectivity index (χ0n) is 13.1. The molecule has 0 aromatic rings. The molecule has 2 amide bonds. The third-order valence-electron chi connectivity index (χ3n) is 5.21. The van der Waals surface area contributed by atoms with Crippen molar-refractivity contribution in [2.45, 2.75) is 58.3 Å². The molecule has 1 heterocycles. The summed E-state index contributed by atoms with van der Waals surface area (Å²) in [6.45, 7) is 4.34. The van der Waals surface area contributed by atoms with Gasteiger partial charge in [-0.3, -0.25) is 4.79 Å². The molecular weight excluding hydrogens is 268 g/mol. The van der Waals surface area contributed by atoms with Crippen molar-refractivity contribution in [1.82, 2.24) is 10.2 Å². The van der Waals surface area contributed by atoms with Gasteiger partial charge in [0.05, 0.1) is 6.42 Å². The highest BCUT2D eigenvalue weighted by molar-refractivity contribution is 5.74. The Kier molecular flexibility index (Phi) is 5.48. The second-order valence-electron chi connectivity index (χ2n) is 6.80. The van der Waals surface area contributed by atoms with Crippen LogP contribution in [-0.4, -0.2) is 41.6 Å². The second-order valence-corrected chi connectivity index (χ2v) is 6.80. The van der Waals surface area contributed by atoms with Crippen LogP contribution in [-0.2, 0) is 4.79 Å². The van der Waals surface area contributed by atoms with E-state index in [1.165, 1.54) is 6.42 Å². The molecule has 5 nitrogen and oxygen atoms in total. The Morgan fingerprint density at radius 3 is 2.57 bits per heavy atom. The van der Waals surface area contributed by atoms with Crippen molar-refractivity contribution >= 4 is 12.0 Å². The summed E-state index contributed by atoms with van der Waals surface area (Å²) in [6, 6.07) is -0.0127. The Hall–Kier alpha value is -1.26. The van der Waals surface area contributed by atoms with Gasteiger partial charge in [-0.25, -0.2) is 4.79 Å². The Morgan fingerprint density at radius 2 is 2.00 bits per heavy atom. The molecule has 2 rings (SSSR count). The van der Waals surface area contributed by atoms with E-state index in [2.05, 4.69) is 12.2 Å². The highest BCUT2D eigenvalue weighted by atomic mass is 16.4.